The monoisotopic (exact) mass is 376 g/mol. The average Bonchev–Trinajstić information content (AvgIpc) is 3.19. The molecule has 5 nitrogen and oxygen atoms in total. The van der Waals surface area contributed by atoms with E-state index in [0.29, 0.717) is 6.54 Å². The van der Waals surface area contributed by atoms with Crippen molar-refractivity contribution in [3.8, 4) is 11.1 Å². The van der Waals surface area contributed by atoms with Crippen molar-refractivity contribution >= 4 is 5.91 Å². The third kappa shape index (κ3) is 4.87. The van der Waals surface area contributed by atoms with Gasteiger partial charge in [-0.2, -0.15) is 0 Å². The minimum absolute atomic E-state index is 0.127. The van der Waals surface area contributed by atoms with Gasteiger partial charge in [-0.1, -0.05) is 69.3 Å². The van der Waals surface area contributed by atoms with Crippen molar-refractivity contribution in [2.75, 3.05) is 0 Å². The Labute approximate surface area is 166 Å². The number of nitrogens with one attached hydrogen (secondary N) is 1. The quantitative estimate of drug-likeness (QED) is 0.690. The Morgan fingerprint density at radius 1 is 1.14 bits per heavy atom. The van der Waals surface area contributed by atoms with Crippen molar-refractivity contribution in [2.45, 2.75) is 39.9 Å². The lowest BCUT2D eigenvalue weighted by atomic mass is 9.87. The molecule has 0 radical (unpaired) electrons. The second-order valence-corrected chi connectivity index (χ2v) is 8.15. The first-order valence-electron chi connectivity index (χ1n) is 9.51. The number of rotatable bonds is 6. The molecule has 1 atom stereocenters. The summed E-state index contributed by atoms with van der Waals surface area (Å²) in [7, 11) is 0. The summed E-state index contributed by atoms with van der Waals surface area (Å²) in [6.45, 7) is 7.15. The molecule has 3 aromatic rings. The van der Waals surface area contributed by atoms with Crippen molar-refractivity contribution < 1.29 is 4.79 Å². The molecule has 0 saturated carbocycles. The van der Waals surface area contributed by atoms with Gasteiger partial charge in [-0.05, 0) is 27.7 Å². The lowest BCUT2D eigenvalue weighted by Gasteiger charge is -2.26. The molecular weight excluding hydrogens is 348 g/mol. The van der Waals surface area contributed by atoms with Crippen molar-refractivity contribution in [3.63, 3.8) is 0 Å². The number of aromatic nitrogens is 2. The van der Waals surface area contributed by atoms with Gasteiger partial charge in [-0.15, -0.1) is 0 Å². The molecule has 0 saturated heterocycles. The molecule has 2 aromatic carbocycles. The zero-order chi connectivity index (χ0) is 20.1. The number of benzene rings is 2. The van der Waals surface area contributed by atoms with E-state index in [1.807, 2.05) is 56.1 Å². The molecule has 0 aliphatic carbocycles. The molecule has 3 N–H and O–H groups in total. The van der Waals surface area contributed by atoms with Gasteiger partial charge in [0.05, 0.1) is 12.4 Å². The van der Waals surface area contributed by atoms with Gasteiger partial charge in [0.15, 0.2) is 0 Å². The van der Waals surface area contributed by atoms with Gasteiger partial charge in [0.2, 0.25) is 5.91 Å². The lowest BCUT2D eigenvalue weighted by molar-refractivity contribution is -0.124. The molecule has 0 unspecified atom stereocenters. The molecule has 1 aromatic heterocycles. The van der Waals surface area contributed by atoms with E-state index in [1.165, 1.54) is 5.56 Å². The molecule has 0 aliphatic heterocycles. The van der Waals surface area contributed by atoms with Crippen molar-refractivity contribution in [1.29, 1.82) is 0 Å². The standard InChI is InChI=1S/C23H28N4O/c1-23(2,3)21(24)22(28)26-14-19-6-4-5-7-20(19)18-10-8-17(9-11-18)15-27-13-12-25-16-27/h4-13,16,21H,14-15,24H2,1-3H3,(H,26,28)/t21-/m1/s1. The average molecular weight is 377 g/mol. The Bertz CT molecular complexity index is 909. The van der Waals surface area contributed by atoms with Gasteiger partial charge in [-0.25, -0.2) is 4.98 Å². The van der Waals surface area contributed by atoms with Gasteiger partial charge < -0.3 is 15.6 Å². The second kappa shape index (κ2) is 8.40. The summed E-state index contributed by atoms with van der Waals surface area (Å²) in [4.78, 5) is 16.4. The normalized spacial score (nSPS) is 12.6. The van der Waals surface area contributed by atoms with Crippen LogP contribution in [0, 0.1) is 5.41 Å². The van der Waals surface area contributed by atoms with Crippen LogP contribution in [0.2, 0.25) is 0 Å². The number of hydrogen-bond acceptors (Lipinski definition) is 3. The molecule has 0 aliphatic rings. The minimum Gasteiger partial charge on any atom is -0.351 e. The Hall–Kier alpha value is -2.92. The summed E-state index contributed by atoms with van der Waals surface area (Å²) in [5.74, 6) is -0.127. The molecule has 146 valence electrons. The maximum Gasteiger partial charge on any atom is 0.237 e. The van der Waals surface area contributed by atoms with E-state index in [9.17, 15) is 4.79 Å². The van der Waals surface area contributed by atoms with Crippen LogP contribution in [-0.2, 0) is 17.9 Å². The van der Waals surface area contributed by atoms with Crippen LogP contribution in [-0.4, -0.2) is 21.5 Å². The second-order valence-electron chi connectivity index (χ2n) is 8.15. The van der Waals surface area contributed by atoms with E-state index in [-0.39, 0.29) is 11.3 Å². The van der Waals surface area contributed by atoms with E-state index in [0.717, 1.165) is 23.2 Å². The topological polar surface area (TPSA) is 72.9 Å². The zero-order valence-electron chi connectivity index (χ0n) is 16.7. The number of carbonyl (C=O) groups excluding carboxylic acids is 1. The Morgan fingerprint density at radius 3 is 2.50 bits per heavy atom. The minimum atomic E-state index is -0.540. The van der Waals surface area contributed by atoms with Crippen LogP contribution in [0.5, 0.6) is 0 Å². The summed E-state index contributed by atoms with van der Waals surface area (Å²) in [5, 5.41) is 2.98. The predicted molar refractivity (Wildman–Crippen MR) is 112 cm³/mol. The lowest BCUT2D eigenvalue weighted by Crippen LogP contribution is -2.48. The maximum absolute atomic E-state index is 12.4. The highest BCUT2D eigenvalue weighted by Gasteiger charge is 2.27. The highest BCUT2D eigenvalue weighted by atomic mass is 16.2. The highest BCUT2D eigenvalue weighted by Crippen LogP contribution is 2.25. The highest BCUT2D eigenvalue weighted by molar-refractivity contribution is 5.82. The van der Waals surface area contributed by atoms with Gasteiger partial charge in [-0.3, -0.25) is 4.79 Å². The van der Waals surface area contributed by atoms with E-state index in [4.69, 9.17) is 5.73 Å². The number of carbonyl (C=O) groups is 1. The maximum atomic E-state index is 12.4. The molecule has 5 heteroatoms. The van der Waals surface area contributed by atoms with E-state index in [2.05, 4.69) is 40.6 Å². The van der Waals surface area contributed by atoms with Crippen LogP contribution in [0.15, 0.2) is 67.3 Å². The third-order valence-corrected chi connectivity index (χ3v) is 4.88. The molecule has 28 heavy (non-hydrogen) atoms. The molecule has 1 amide bonds. The SMILES string of the molecule is CC(C)(C)[C@H](N)C(=O)NCc1ccccc1-c1ccc(Cn2ccnc2)cc1. The summed E-state index contributed by atoms with van der Waals surface area (Å²) in [5.41, 5.74) is 10.3. The summed E-state index contributed by atoms with van der Waals surface area (Å²) < 4.78 is 2.04. The fourth-order valence-corrected chi connectivity index (χ4v) is 3.02. The van der Waals surface area contributed by atoms with Crippen molar-refractivity contribution in [3.05, 3.63) is 78.4 Å². The van der Waals surface area contributed by atoms with Gasteiger partial charge >= 0.3 is 0 Å². The molecular formula is C23H28N4O. The number of hydrogen-bond donors (Lipinski definition) is 2. The molecule has 0 fully saturated rings. The van der Waals surface area contributed by atoms with Crippen LogP contribution in [0.25, 0.3) is 11.1 Å². The largest absolute Gasteiger partial charge is 0.351 e. The summed E-state index contributed by atoms with van der Waals surface area (Å²) in [6.07, 6.45) is 5.55. The van der Waals surface area contributed by atoms with E-state index in [1.54, 1.807) is 6.20 Å². The number of nitrogens with zero attached hydrogens (tertiary/aromatic N) is 2. The fourth-order valence-electron chi connectivity index (χ4n) is 3.02. The van der Waals surface area contributed by atoms with E-state index >= 15 is 0 Å². The fraction of sp³-hybridized carbons (Fsp3) is 0.304. The van der Waals surface area contributed by atoms with Crippen LogP contribution in [0.1, 0.15) is 31.9 Å². The zero-order valence-corrected chi connectivity index (χ0v) is 16.7. The Kier molecular flexibility index (Phi) is 5.95. The molecule has 3 rings (SSSR count). The van der Waals surface area contributed by atoms with Crippen LogP contribution in [0.3, 0.4) is 0 Å². The van der Waals surface area contributed by atoms with Gasteiger partial charge in [0, 0.05) is 25.5 Å². The Balaban J connectivity index is 1.72. The van der Waals surface area contributed by atoms with Crippen LogP contribution in [0.4, 0.5) is 0 Å². The van der Waals surface area contributed by atoms with Crippen molar-refractivity contribution in [2.24, 2.45) is 11.1 Å². The molecule has 0 spiro atoms. The predicted octanol–water partition coefficient (Wildman–Crippen LogP) is 3.59. The first kappa shape index (κ1) is 19.8. The summed E-state index contributed by atoms with van der Waals surface area (Å²) >= 11 is 0. The molecule has 1 heterocycles. The molecule has 0 bridgehead atoms. The van der Waals surface area contributed by atoms with E-state index < -0.39 is 6.04 Å². The first-order valence-corrected chi connectivity index (χ1v) is 9.51. The van der Waals surface area contributed by atoms with Gasteiger partial charge in [0.1, 0.15) is 0 Å². The van der Waals surface area contributed by atoms with Gasteiger partial charge in [0.25, 0.3) is 0 Å². The third-order valence-electron chi connectivity index (χ3n) is 4.88. The number of amides is 1. The number of imidazole rings is 1. The van der Waals surface area contributed by atoms with Crippen LogP contribution < -0.4 is 11.1 Å². The van der Waals surface area contributed by atoms with Crippen molar-refractivity contribution in [1.82, 2.24) is 14.9 Å². The van der Waals surface area contributed by atoms with Crippen LogP contribution >= 0.6 is 0 Å². The number of nitrogens with two attached hydrogens (primary N) is 1. The first-order chi connectivity index (χ1) is 13.3. The smallest absolute Gasteiger partial charge is 0.237 e. The summed E-state index contributed by atoms with van der Waals surface area (Å²) in [6, 6.07) is 16.1. The Morgan fingerprint density at radius 2 is 1.86 bits per heavy atom.